The summed E-state index contributed by atoms with van der Waals surface area (Å²) in [6.45, 7) is 2.00. The molecule has 13 heavy (non-hydrogen) atoms. The van der Waals surface area contributed by atoms with Crippen LogP contribution in [0.1, 0.15) is 18.1 Å². The van der Waals surface area contributed by atoms with Crippen LogP contribution in [0.3, 0.4) is 0 Å². The summed E-state index contributed by atoms with van der Waals surface area (Å²) in [5.41, 5.74) is 2.13. The van der Waals surface area contributed by atoms with E-state index in [1.807, 2.05) is 19.1 Å². The second-order valence-corrected chi connectivity index (χ2v) is 4.75. The first-order valence-corrected chi connectivity index (χ1v) is 5.24. The number of benzene rings is 1. The number of halogens is 1. The van der Waals surface area contributed by atoms with Gasteiger partial charge in [-0.25, -0.2) is 0 Å². The van der Waals surface area contributed by atoms with Crippen LogP contribution in [0.4, 0.5) is 0 Å². The van der Waals surface area contributed by atoms with Gasteiger partial charge in [0.25, 0.3) is 0 Å². The molecule has 2 rings (SSSR count). The van der Waals surface area contributed by atoms with Gasteiger partial charge in [0.2, 0.25) is 0 Å². The van der Waals surface area contributed by atoms with E-state index >= 15 is 0 Å². The molecule has 1 aliphatic carbocycles. The molecular weight excluding hydrogens is 226 g/mol. The van der Waals surface area contributed by atoms with E-state index in [0.29, 0.717) is 0 Å². The topological polar surface area (TPSA) is 23.8 Å². The summed E-state index contributed by atoms with van der Waals surface area (Å²) in [5, 5.41) is 9.16. The molecule has 0 aliphatic heterocycles. The number of alkyl halides is 1. The third kappa shape index (κ3) is 1.11. The van der Waals surface area contributed by atoms with Crippen molar-refractivity contribution >= 4 is 15.9 Å². The zero-order chi connectivity index (χ0) is 9.47. The summed E-state index contributed by atoms with van der Waals surface area (Å²) in [6.07, 6.45) is 0.959. The molecule has 0 saturated carbocycles. The summed E-state index contributed by atoms with van der Waals surface area (Å²) in [6, 6.07) is 10.6. The fraction of sp³-hybridized carbons (Fsp3) is 0.364. The van der Waals surface area contributed by atoms with Gasteiger partial charge in [0.15, 0.2) is 0 Å². The Morgan fingerprint density at radius 1 is 1.54 bits per heavy atom. The van der Waals surface area contributed by atoms with E-state index in [1.54, 1.807) is 0 Å². The normalized spacial score (nSPS) is 31.0. The van der Waals surface area contributed by atoms with Crippen LogP contribution in [0.5, 0.6) is 0 Å². The molecular formula is C11H10BrN. The first kappa shape index (κ1) is 8.77. The molecule has 0 fully saturated rings. The van der Waals surface area contributed by atoms with Crippen molar-refractivity contribution in [1.82, 2.24) is 0 Å². The first-order chi connectivity index (χ1) is 6.18. The Bertz CT molecular complexity index is 380. The molecule has 1 nitrogen and oxygen atoms in total. The molecule has 0 N–H and O–H groups in total. The maximum Gasteiger partial charge on any atom is 0.0924 e. The van der Waals surface area contributed by atoms with E-state index < -0.39 is 0 Å². The Labute approximate surface area is 86.5 Å². The molecule has 2 heteroatoms. The molecule has 0 bridgehead atoms. The summed E-state index contributed by atoms with van der Waals surface area (Å²) in [7, 11) is 0. The lowest BCUT2D eigenvalue weighted by atomic mass is 9.86. The third-order valence-corrected chi connectivity index (χ3v) is 4.07. The highest BCUT2D eigenvalue weighted by Crippen LogP contribution is 2.42. The molecule has 0 aromatic heterocycles. The molecule has 2 unspecified atom stereocenters. The minimum absolute atomic E-state index is 0.252. The minimum Gasteiger partial charge on any atom is -0.197 e. The minimum atomic E-state index is -0.351. The fourth-order valence-corrected chi connectivity index (χ4v) is 2.60. The maximum absolute atomic E-state index is 9.16. The smallest absolute Gasteiger partial charge is 0.0924 e. The number of nitriles is 1. The van der Waals surface area contributed by atoms with Gasteiger partial charge in [0.1, 0.15) is 0 Å². The number of hydrogen-bond acceptors (Lipinski definition) is 1. The zero-order valence-electron chi connectivity index (χ0n) is 7.42. The molecule has 1 aromatic carbocycles. The lowest BCUT2D eigenvalue weighted by Crippen LogP contribution is -2.25. The van der Waals surface area contributed by atoms with Gasteiger partial charge < -0.3 is 0 Å². The Kier molecular flexibility index (Phi) is 1.92. The third-order valence-electron chi connectivity index (χ3n) is 2.83. The Morgan fingerprint density at radius 2 is 2.23 bits per heavy atom. The van der Waals surface area contributed by atoms with Crippen LogP contribution < -0.4 is 0 Å². The van der Waals surface area contributed by atoms with Gasteiger partial charge in [0, 0.05) is 4.83 Å². The van der Waals surface area contributed by atoms with Gasteiger partial charge in [-0.1, -0.05) is 40.2 Å². The predicted molar refractivity (Wildman–Crippen MR) is 55.8 cm³/mol. The lowest BCUT2D eigenvalue weighted by molar-refractivity contribution is 0.629. The molecule has 1 aliphatic rings. The molecule has 0 saturated heterocycles. The molecule has 0 heterocycles. The van der Waals surface area contributed by atoms with Crippen LogP contribution in [0.25, 0.3) is 0 Å². The van der Waals surface area contributed by atoms with Crippen LogP contribution in [0.2, 0.25) is 0 Å². The van der Waals surface area contributed by atoms with Gasteiger partial charge in [0.05, 0.1) is 11.5 Å². The molecule has 0 radical (unpaired) electrons. The molecule has 66 valence electrons. The van der Waals surface area contributed by atoms with Crippen molar-refractivity contribution in [2.24, 2.45) is 0 Å². The average Bonchev–Trinajstić information content (AvgIpc) is 2.41. The van der Waals surface area contributed by atoms with Crippen molar-refractivity contribution in [2.75, 3.05) is 0 Å². The van der Waals surface area contributed by atoms with Gasteiger partial charge in [-0.05, 0) is 24.5 Å². The second kappa shape index (κ2) is 2.85. The highest BCUT2D eigenvalue weighted by Gasteiger charge is 2.41. The van der Waals surface area contributed by atoms with E-state index in [0.717, 1.165) is 6.42 Å². The van der Waals surface area contributed by atoms with Gasteiger partial charge >= 0.3 is 0 Å². The van der Waals surface area contributed by atoms with E-state index in [-0.39, 0.29) is 10.2 Å². The largest absolute Gasteiger partial charge is 0.197 e. The first-order valence-electron chi connectivity index (χ1n) is 4.32. The van der Waals surface area contributed by atoms with Crippen LogP contribution in [-0.2, 0) is 11.8 Å². The lowest BCUT2D eigenvalue weighted by Gasteiger charge is -2.19. The molecule has 2 atom stereocenters. The molecule has 1 aromatic rings. The van der Waals surface area contributed by atoms with Crippen molar-refractivity contribution in [3.63, 3.8) is 0 Å². The highest BCUT2D eigenvalue weighted by atomic mass is 79.9. The van der Waals surface area contributed by atoms with Crippen molar-refractivity contribution in [3.05, 3.63) is 35.4 Å². The van der Waals surface area contributed by atoms with E-state index in [4.69, 9.17) is 5.26 Å². The van der Waals surface area contributed by atoms with Crippen LogP contribution in [-0.4, -0.2) is 4.83 Å². The number of hydrogen-bond donors (Lipinski definition) is 0. The van der Waals surface area contributed by atoms with Crippen molar-refractivity contribution in [1.29, 1.82) is 5.26 Å². The number of rotatable bonds is 0. The summed E-state index contributed by atoms with van der Waals surface area (Å²) >= 11 is 3.58. The number of nitrogens with zero attached hydrogens (tertiary/aromatic N) is 1. The second-order valence-electron chi connectivity index (χ2n) is 3.64. The van der Waals surface area contributed by atoms with E-state index in [2.05, 4.69) is 34.1 Å². The summed E-state index contributed by atoms with van der Waals surface area (Å²) < 4.78 is 0. The quantitative estimate of drug-likeness (QED) is 0.635. The zero-order valence-corrected chi connectivity index (χ0v) is 9.01. The Hall–Kier alpha value is -0.810. The monoisotopic (exact) mass is 235 g/mol. The number of fused-ring (bicyclic) bond motifs is 1. The summed E-state index contributed by atoms with van der Waals surface area (Å²) in [5.74, 6) is 0. The van der Waals surface area contributed by atoms with Crippen molar-refractivity contribution in [3.8, 4) is 6.07 Å². The predicted octanol–water partition coefficient (Wildman–Crippen LogP) is 2.79. The van der Waals surface area contributed by atoms with Crippen LogP contribution in [0.15, 0.2) is 24.3 Å². The highest BCUT2D eigenvalue weighted by molar-refractivity contribution is 9.09. The fourth-order valence-electron chi connectivity index (χ4n) is 1.90. The van der Waals surface area contributed by atoms with Crippen molar-refractivity contribution in [2.45, 2.75) is 23.6 Å². The summed E-state index contributed by atoms with van der Waals surface area (Å²) in [4.78, 5) is 0.252. The van der Waals surface area contributed by atoms with Crippen molar-refractivity contribution < 1.29 is 0 Å². The van der Waals surface area contributed by atoms with E-state index in [1.165, 1.54) is 11.1 Å². The Morgan fingerprint density at radius 3 is 2.92 bits per heavy atom. The van der Waals surface area contributed by atoms with E-state index in [9.17, 15) is 0 Å². The molecule has 0 amide bonds. The van der Waals surface area contributed by atoms with Gasteiger partial charge in [-0.2, -0.15) is 5.26 Å². The SMILES string of the molecule is CC1(C#N)c2ccccc2CC1Br. The maximum atomic E-state index is 9.16. The Balaban J connectivity index is 2.61. The molecule has 0 spiro atoms. The van der Waals surface area contributed by atoms with Gasteiger partial charge in [-0.3, -0.25) is 0 Å². The van der Waals surface area contributed by atoms with Crippen LogP contribution in [0, 0.1) is 11.3 Å². The standard InChI is InChI=1S/C11H10BrN/c1-11(7-13)9-5-3-2-4-8(9)6-10(11)12/h2-5,10H,6H2,1H3. The van der Waals surface area contributed by atoms with Crippen LogP contribution >= 0.6 is 15.9 Å². The average molecular weight is 236 g/mol. The van der Waals surface area contributed by atoms with Gasteiger partial charge in [-0.15, -0.1) is 0 Å².